The fraction of sp³-hybridized carbons (Fsp3) is 0.375. The van der Waals surface area contributed by atoms with E-state index in [1.165, 1.54) is 44.8 Å². The molecule has 0 spiro atoms. The Morgan fingerprint density at radius 2 is 1.64 bits per heavy atom. The number of carbonyl (C=O) groups excluding carboxylic acids is 3. The van der Waals surface area contributed by atoms with E-state index in [0.29, 0.717) is 34.2 Å². The Balaban J connectivity index is 1.92. The Hall–Kier alpha value is -3.33. The van der Waals surface area contributed by atoms with Crippen molar-refractivity contribution < 1.29 is 33.3 Å². The van der Waals surface area contributed by atoms with E-state index in [1.54, 1.807) is 24.3 Å². The third kappa shape index (κ3) is 7.35. The summed E-state index contributed by atoms with van der Waals surface area (Å²) in [4.78, 5) is 37.7. The van der Waals surface area contributed by atoms with Gasteiger partial charge in [-0.25, -0.2) is 4.79 Å². The zero-order chi connectivity index (χ0) is 24.6. The second-order valence-electron chi connectivity index (χ2n) is 8.02. The first-order valence-corrected chi connectivity index (χ1v) is 11.0. The number of Topliss-reactive ketones (excluding diaryl/α,β-unsaturated/α-hetero) is 1. The van der Waals surface area contributed by atoms with Crippen molar-refractivity contribution >= 4 is 35.1 Å². The molecule has 2 aromatic rings. The molecular weight excluding hydrogens is 446 g/mol. The summed E-state index contributed by atoms with van der Waals surface area (Å²) < 4.78 is 20.9. The van der Waals surface area contributed by atoms with Gasteiger partial charge in [-0.1, -0.05) is 20.8 Å². The molecule has 0 bridgehead atoms. The smallest absolute Gasteiger partial charge is 0.331 e. The molecule has 8 nitrogen and oxygen atoms in total. The first kappa shape index (κ1) is 25.9. The van der Waals surface area contributed by atoms with Crippen molar-refractivity contribution in [1.82, 2.24) is 5.32 Å². The van der Waals surface area contributed by atoms with Gasteiger partial charge in [0.15, 0.2) is 18.1 Å². The molecule has 2 rings (SSSR count). The Morgan fingerprint density at radius 3 is 2.18 bits per heavy atom. The van der Waals surface area contributed by atoms with Gasteiger partial charge in [0.05, 0.1) is 32.8 Å². The quantitative estimate of drug-likeness (QED) is 0.316. The molecule has 1 heterocycles. The van der Waals surface area contributed by atoms with Gasteiger partial charge in [-0.15, -0.1) is 11.3 Å². The summed E-state index contributed by atoms with van der Waals surface area (Å²) in [5, 5.41) is 2.84. The fourth-order valence-electron chi connectivity index (χ4n) is 2.67. The average Bonchev–Trinajstić information content (AvgIpc) is 3.27. The van der Waals surface area contributed by atoms with Crippen LogP contribution in [0.3, 0.4) is 0 Å². The first-order valence-electron chi connectivity index (χ1n) is 10.1. The van der Waals surface area contributed by atoms with Crippen molar-refractivity contribution in [2.75, 3.05) is 27.9 Å². The molecule has 0 radical (unpaired) electrons. The summed E-state index contributed by atoms with van der Waals surface area (Å²) in [6, 6.07) is 6.79. The van der Waals surface area contributed by atoms with Crippen LogP contribution in [0.2, 0.25) is 0 Å². The maximum Gasteiger partial charge on any atom is 0.331 e. The summed E-state index contributed by atoms with van der Waals surface area (Å²) in [6.45, 7) is 5.44. The lowest BCUT2D eigenvalue weighted by Crippen LogP contribution is -2.34. The summed E-state index contributed by atoms with van der Waals surface area (Å²) >= 11 is 1.25. The highest BCUT2D eigenvalue weighted by atomic mass is 32.1. The van der Waals surface area contributed by atoms with E-state index in [0.717, 1.165) is 4.88 Å². The largest absolute Gasteiger partial charge is 0.493 e. The molecule has 0 unspecified atom stereocenters. The predicted molar refractivity (Wildman–Crippen MR) is 126 cm³/mol. The summed E-state index contributed by atoms with van der Waals surface area (Å²) in [6.07, 6.45) is 2.74. The SMILES string of the molecule is COc1cc(/C=C/C(=O)OCC(=O)c2ccc(CNC(=O)C(C)(C)C)s2)cc(OC)c1OC. The molecule has 0 fully saturated rings. The van der Waals surface area contributed by atoms with Crippen LogP contribution in [0.25, 0.3) is 6.08 Å². The summed E-state index contributed by atoms with van der Waals surface area (Å²) in [5.41, 5.74) is 0.146. The van der Waals surface area contributed by atoms with E-state index < -0.39 is 11.4 Å². The summed E-state index contributed by atoms with van der Waals surface area (Å²) in [5.74, 6) is 0.295. The number of esters is 1. The van der Waals surface area contributed by atoms with Gasteiger partial charge in [0.25, 0.3) is 0 Å². The fourth-order valence-corrected chi connectivity index (χ4v) is 3.54. The van der Waals surface area contributed by atoms with E-state index in [-0.39, 0.29) is 18.3 Å². The zero-order valence-electron chi connectivity index (χ0n) is 19.6. The Labute approximate surface area is 197 Å². The van der Waals surface area contributed by atoms with Crippen LogP contribution >= 0.6 is 11.3 Å². The molecule has 33 heavy (non-hydrogen) atoms. The van der Waals surface area contributed by atoms with Gasteiger partial charge >= 0.3 is 5.97 Å². The number of methoxy groups -OCH3 is 3. The van der Waals surface area contributed by atoms with Crippen molar-refractivity contribution in [3.05, 3.63) is 45.7 Å². The third-order valence-electron chi connectivity index (χ3n) is 4.49. The Kier molecular flexibility index (Phi) is 9.04. The molecule has 0 saturated carbocycles. The highest BCUT2D eigenvalue weighted by molar-refractivity contribution is 7.14. The molecule has 0 aliphatic rings. The number of carbonyl (C=O) groups is 3. The van der Waals surface area contributed by atoms with Crippen molar-refractivity contribution in [2.45, 2.75) is 27.3 Å². The maximum absolute atomic E-state index is 12.3. The lowest BCUT2D eigenvalue weighted by Gasteiger charge is -2.17. The number of ether oxygens (including phenoxy) is 4. The third-order valence-corrected chi connectivity index (χ3v) is 5.61. The molecule has 0 aliphatic carbocycles. The highest BCUT2D eigenvalue weighted by Crippen LogP contribution is 2.38. The molecule has 1 aromatic heterocycles. The summed E-state index contributed by atoms with van der Waals surface area (Å²) in [7, 11) is 4.50. The number of benzene rings is 1. The van der Waals surface area contributed by atoms with Crippen LogP contribution < -0.4 is 19.5 Å². The molecule has 1 amide bonds. The number of rotatable bonds is 10. The number of amides is 1. The van der Waals surface area contributed by atoms with E-state index in [2.05, 4.69) is 5.32 Å². The van der Waals surface area contributed by atoms with Crippen LogP contribution in [0.1, 0.15) is 40.9 Å². The van der Waals surface area contributed by atoms with Crippen LogP contribution in [0.15, 0.2) is 30.3 Å². The van der Waals surface area contributed by atoms with Gasteiger partial charge < -0.3 is 24.3 Å². The highest BCUT2D eigenvalue weighted by Gasteiger charge is 2.21. The van der Waals surface area contributed by atoms with Crippen LogP contribution in [-0.4, -0.2) is 45.6 Å². The van der Waals surface area contributed by atoms with Crippen LogP contribution in [0.5, 0.6) is 17.2 Å². The molecule has 178 valence electrons. The topological polar surface area (TPSA) is 100 Å². The molecule has 0 saturated heterocycles. The van der Waals surface area contributed by atoms with Crippen LogP contribution in [0.4, 0.5) is 0 Å². The average molecular weight is 476 g/mol. The molecule has 9 heteroatoms. The monoisotopic (exact) mass is 475 g/mol. The van der Waals surface area contributed by atoms with Gasteiger partial charge in [-0.2, -0.15) is 0 Å². The number of hydrogen-bond donors (Lipinski definition) is 1. The van der Waals surface area contributed by atoms with E-state index in [4.69, 9.17) is 18.9 Å². The minimum atomic E-state index is -0.661. The van der Waals surface area contributed by atoms with Crippen molar-refractivity contribution in [1.29, 1.82) is 0 Å². The first-order chi connectivity index (χ1) is 15.6. The molecule has 1 N–H and O–H groups in total. The number of thiophene rings is 1. The zero-order valence-corrected chi connectivity index (χ0v) is 20.5. The van der Waals surface area contributed by atoms with E-state index >= 15 is 0 Å². The number of ketones is 1. The van der Waals surface area contributed by atoms with Gasteiger partial charge in [-0.05, 0) is 35.9 Å². The van der Waals surface area contributed by atoms with Gasteiger partial charge in [0, 0.05) is 16.4 Å². The Morgan fingerprint density at radius 1 is 1.00 bits per heavy atom. The number of hydrogen-bond acceptors (Lipinski definition) is 8. The van der Waals surface area contributed by atoms with E-state index in [1.807, 2.05) is 20.8 Å². The normalized spacial score (nSPS) is 11.2. The van der Waals surface area contributed by atoms with Crippen LogP contribution in [-0.2, 0) is 20.9 Å². The van der Waals surface area contributed by atoms with Crippen LogP contribution in [0, 0.1) is 5.41 Å². The second kappa shape index (κ2) is 11.5. The lowest BCUT2D eigenvalue weighted by molar-refractivity contribution is -0.136. The van der Waals surface area contributed by atoms with Gasteiger partial charge in [0.1, 0.15) is 0 Å². The molecule has 1 aromatic carbocycles. The van der Waals surface area contributed by atoms with E-state index in [9.17, 15) is 14.4 Å². The standard InChI is InChI=1S/C24H29NO7S/c1-24(2,3)23(28)25-13-16-8-9-20(33-16)17(26)14-32-21(27)10-7-15-11-18(29-4)22(31-6)19(12-15)30-5/h7-12H,13-14H2,1-6H3,(H,25,28)/b10-7+. The number of nitrogens with one attached hydrogen (secondary N) is 1. The van der Waals surface area contributed by atoms with Crippen molar-refractivity contribution in [2.24, 2.45) is 5.41 Å². The predicted octanol–water partition coefficient (Wildman–Crippen LogP) is 3.88. The molecule has 0 atom stereocenters. The molecule has 0 aliphatic heterocycles. The molecular formula is C24H29NO7S. The van der Waals surface area contributed by atoms with Gasteiger partial charge in [-0.3, -0.25) is 9.59 Å². The van der Waals surface area contributed by atoms with Crippen molar-refractivity contribution in [3.63, 3.8) is 0 Å². The minimum Gasteiger partial charge on any atom is -0.493 e. The second-order valence-corrected chi connectivity index (χ2v) is 9.19. The van der Waals surface area contributed by atoms with Crippen molar-refractivity contribution in [3.8, 4) is 17.2 Å². The minimum absolute atomic E-state index is 0.0726. The lowest BCUT2D eigenvalue weighted by atomic mass is 9.96. The Bertz CT molecular complexity index is 1010. The van der Waals surface area contributed by atoms with Gasteiger partial charge in [0.2, 0.25) is 17.4 Å². The maximum atomic E-state index is 12.3.